The quantitative estimate of drug-likeness (QED) is 0.119. The number of para-hydroxylation sites is 3. The Labute approximate surface area is 686 Å². The topological polar surface area (TPSA) is 114 Å². The monoisotopic (exact) mass is 1530 g/mol. The molecule has 1 aliphatic carbocycles. The second kappa shape index (κ2) is 26.8. The molecule has 16 aromatic carbocycles. The summed E-state index contributed by atoms with van der Waals surface area (Å²) in [4.78, 5) is 21.5. The number of nitrogens with zero attached hydrogens (tertiary/aromatic N) is 6. The predicted octanol–water partition coefficient (Wildman–Crippen LogP) is 29.8. The minimum Gasteiger partial charge on any atom is -0.456 e. The first-order valence-electron chi connectivity index (χ1n) is 40.7. The van der Waals surface area contributed by atoms with Crippen LogP contribution in [0.15, 0.2) is 394 Å². The van der Waals surface area contributed by atoms with Crippen molar-refractivity contribution in [1.82, 2.24) is 29.1 Å². The van der Waals surface area contributed by atoms with Crippen LogP contribution in [0, 0.1) is 0 Å². The summed E-state index contributed by atoms with van der Waals surface area (Å²) in [6.45, 7) is 0. The van der Waals surface area contributed by atoms with Crippen LogP contribution >= 0.6 is 0 Å². The number of aromatic nitrogens is 6. The summed E-state index contributed by atoms with van der Waals surface area (Å²) in [7, 11) is 0. The van der Waals surface area contributed by atoms with Gasteiger partial charge in [-0.2, -0.15) is 9.97 Å². The molecule has 0 spiro atoms. The zero-order valence-corrected chi connectivity index (χ0v) is 64.5. The molecular weight excluding hydrogens is 1470 g/mol. The van der Waals surface area contributed by atoms with Crippen molar-refractivity contribution in [2.75, 3.05) is 0 Å². The van der Waals surface area contributed by atoms with Crippen LogP contribution in [0.3, 0.4) is 0 Å². The molecule has 120 heavy (non-hydrogen) atoms. The molecule has 0 amide bonds. The van der Waals surface area contributed by atoms with Gasteiger partial charge in [-0.05, 0) is 201 Å². The van der Waals surface area contributed by atoms with Crippen LogP contribution < -0.4 is 0 Å². The van der Waals surface area contributed by atoms with Crippen molar-refractivity contribution in [3.8, 4) is 107 Å². The highest BCUT2D eigenvalue weighted by molar-refractivity contribution is 6.19. The Balaban J connectivity index is 0.503. The van der Waals surface area contributed by atoms with Crippen LogP contribution in [-0.4, -0.2) is 29.1 Å². The number of furan rings is 4. The molecule has 10 heteroatoms. The lowest BCUT2D eigenvalue weighted by Gasteiger charge is -2.18. The van der Waals surface area contributed by atoms with E-state index >= 15 is 0 Å². The lowest BCUT2D eigenvalue weighted by atomic mass is 9.93. The highest BCUT2D eigenvalue weighted by Gasteiger charge is 2.27. The van der Waals surface area contributed by atoms with Gasteiger partial charge in [-0.3, -0.25) is 0 Å². The Morgan fingerprint density at radius 3 is 1.17 bits per heavy atom. The molecule has 8 heterocycles. The fourth-order valence-electron chi connectivity index (χ4n) is 18.9. The van der Waals surface area contributed by atoms with Crippen LogP contribution in [0.25, 0.3) is 250 Å². The van der Waals surface area contributed by atoms with E-state index in [-0.39, 0.29) is 0 Å². The maximum absolute atomic E-state index is 6.78. The lowest BCUT2D eigenvalue weighted by molar-refractivity contribution is 0.653. The van der Waals surface area contributed by atoms with Crippen molar-refractivity contribution in [3.05, 3.63) is 382 Å². The van der Waals surface area contributed by atoms with Gasteiger partial charge in [-0.15, -0.1) is 0 Å². The average molecular weight is 1540 g/mol. The van der Waals surface area contributed by atoms with Gasteiger partial charge in [0.05, 0.1) is 44.2 Å². The third-order valence-corrected chi connectivity index (χ3v) is 24.6. The molecule has 0 radical (unpaired) electrons. The minimum absolute atomic E-state index is 0.524. The summed E-state index contributed by atoms with van der Waals surface area (Å²) >= 11 is 0. The first-order valence-corrected chi connectivity index (χ1v) is 40.7. The second-order valence-electron chi connectivity index (χ2n) is 31.4. The van der Waals surface area contributed by atoms with Gasteiger partial charge in [-0.1, -0.05) is 255 Å². The first-order chi connectivity index (χ1) is 59.4. The van der Waals surface area contributed by atoms with Crippen LogP contribution in [0.1, 0.15) is 18.4 Å². The summed E-state index contributed by atoms with van der Waals surface area (Å²) in [6, 6.07) is 129. The van der Waals surface area contributed by atoms with E-state index in [9.17, 15) is 0 Å². The zero-order chi connectivity index (χ0) is 78.6. The molecule has 0 N–H and O–H groups in total. The Bertz CT molecular complexity index is 8450. The van der Waals surface area contributed by atoms with Crippen molar-refractivity contribution in [1.29, 1.82) is 0 Å². The van der Waals surface area contributed by atoms with Gasteiger partial charge in [0, 0.05) is 87.5 Å². The average Bonchev–Trinajstić information content (AvgIpc) is 1.58. The van der Waals surface area contributed by atoms with Gasteiger partial charge >= 0.3 is 0 Å². The molecule has 25 rings (SSSR count). The second-order valence-corrected chi connectivity index (χ2v) is 31.4. The molecule has 0 unspecified atom stereocenters. The highest BCUT2D eigenvalue weighted by Crippen LogP contribution is 2.48. The molecule has 1 aliphatic rings. The summed E-state index contributed by atoms with van der Waals surface area (Å²) in [5, 5.41) is 12.4. The molecule has 560 valence electrons. The standard InChI is InChI=1S/C110H66N6O4/c1-5-20-65(21-6-1)73-47-56-96-89(61-73)103-106(70-24-9-3-10-25-70)112-108(114-110(103)119-96)85-33-19-37-99-102(85)88-63-77(49-55-95(88)117-99)72-27-17-26-71(58-72)75-45-53-94-86(59-75)82-31-14-16-35-92(82)116(94)80-50-42-67(43-51-80)66-38-40-68(41-39-66)74-48-57-97-90(62-74)104-105(69-22-7-2-8-23-69)111-107(113-109(104)120-97)84-32-18-36-98-101(84)83-52-44-78(64-100(83)118-98)76-46-54-93-87(60-76)81-30-13-15-34-91(81)115(93)79-28-11-4-12-29-79/h1-42,44-50,52-64H,43,51H2. The number of hydrogen-bond donors (Lipinski definition) is 0. The molecule has 0 fully saturated rings. The highest BCUT2D eigenvalue weighted by atomic mass is 16.3. The van der Waals surface area contributed by atoms with Crippen molar-refractivity contribution in [2.45, 2.75) is 12.8 Å². The van der Waals surface area contributed by atoms with Crippen LogP contribution in [0.4, 0.5) is 0 Å². The fraction of sp³-hybridized carbons (Fsp3) is 0.0182. The van der Waals surface area contributed by atoms with Gasteiger partial charge in [-0.25, -0.2) is 9.97 Å². The lowest BCUT2D eigenvalue weighted by Crippen LogP contribution is -2.01. The number of rotatable bonds is 12. The number of fused-ring (bicyclic) bond motifs is 18. The fourth-order valence-corrected chi connectivity index (χ4v) is 18.9. The first kappa shape index (κ1) is 67.3. The van der Waals surface area contributed by atoms with Crippen molar-refractivity contribution in [3.63, 3.8) is 0 Å². The molecule has 0 aliphatic heterocycles. The van der Waals surface area contributed by atoms with E-state index in [4.69, 9.17) is 37.6 Å². The molecule has 0 saturated heterocycles. The van der Waals surface area contributed by atoms with Crippen molar-refractivity contribution in [2.24, 2.45) is 0 Å². The molecule has 0 saturated carbocycles. The van der Waals surface area contributed by atoms with Crippen molar-refractivity contribution < 1.29 is 17.7 Å². The Morgan fingerprint density at radius 1 is 0.217 bits per heavy atom. The Morgan fingerprint density at radius 2 is 0.608 bits per heavy atom. The van der Waals surface area contributed by atoms with E-state index in [1.165, 1.54) is 54.9 Å². The van der Waals surface area contributed by atoms with Gasteiger partial charge in [0.2, 0.25) is 11.4 Å². The molecule has 10 nitrogen and oxygen atoms in total. The van der Waals surface area contributed by atoms with Gasteiger partial charge in [0.15, 0.2) is 11.6 Å². The Hall–Kier alpha value is -16.0. The van der Waals surface area contributed by atoms with E-state index in [1.807, 2.05) is 48.5 Å². The maximum atomic E-state index is 6.78. The smallest absolute Gasteiger partial charge is 0.231 e. The van der Waals surface area contributed by atoms with Crippen molar-refractivity contribution >= 4 is 143 Å². The van der Waals surface area contributed by atoms with E-state index in [2.05, 4.69) is 337 Å². The number of benzene rings is 16. The summed E-state index contributed by atoms with van der Waals surface area (Å²) in [5.74, 6) is 1.12. The molecule has 0 atom stereocenters. The van der Waals surface area contributed by atoms with Crippen LogP contribution in [0.2, 0.25) is 0 Å². The summed E-state index contributed by atoms with van der Waals surface area (Å²) < 4.78 is 31.7. The van der Waals surface area contributed by atoms with E-state index in [0.29, 0.717) is 23.1 Å². The Kier molecular flexibility index (Phi) is 15.0. The van der Waals surface area contributed by atoms with Crippen LogP contribution in [-0.2, 0) is 0 Å². The SMILES string of the molecule is C1=C(c2ccc(-c3ccc4oc5nc(-c6cccc7oc8cc(-c9ccc%10c(c9)c9ccccc9n%10-c9ccccc9)ccc8c67)nc(-c6ccccc6)c5c4c3)cc2)CCC(n2c3ccccc3c3cc(-c4cccc(-c5ccc6oc7cccc(-c8nc(-c9ccccc9)c9c(n8)oc8ccc(-c%10ccccc%10)cc89)c7c6c5)c4)ccc32)=C1. The van der Waals surface area contributed by atoms with E-state index in [1.54, 1.807) is 0 Å². The summed E-state index contributed by atoms with van der Waals surface area (Å²) in [6.07, 6.45) is 6.42. The van der Waals surface area contributed by atoms with E-state index in [0.717, 1.165) is 190 Å². The third-order valence-electron chi connectivity index (χ3n) is 24.6. The number of hydrogen-bond acceptors (Lipinski definition) is 8. The van der Waals surface area contributed by atoms with Crippen LogP contribution in [0.5, 0.6) is 0 Å². The van der Waals surface area contributed by atoms with E-state index < -0.39 is 0 Å². The van der Waals surface area contributed by atoms with Gasteiger partial charge < -0.3 is 26.8 Å². The van der Waals surface area contributed by atoms with Gasteiger partial charge in [0.1, 0.15) is 33.5 Å². The number of allylic oxidation sites excluding steroid dienone is 4. The predicted molar refractivity (Wildman–Crippen MR) is 491 cm³/mol. The molecule has 0 bridgehead atoms. The molecule has 8 aromatic heterocycles. The molecular formula is C110H66N6O4. The van der Waals surface area contributed by atoms with Gasteiger partial charge in [0.25, 0.3) is 0 Å². The summed E-state index contributed by atoms with van der Waals surface area (Å²) in [5.41, 5.74) is 31.6. The maximum Gasteiger partial charge on any atom is 0.231 e. The molecule has 24 aromatic rings. The largest absolute Gasteiger partial charge is 0.456 e. The normalized spacial score (nSPS) is 12.7. The third kappa shape index (κ3) is 10.8. The zero-order valence-electron chi connectivity index (χ0n) is 64.5. The minimum atomic E-state index is 0.524.